The van der Waals surface area contributed by atoms with Crippen LogP contribution >= 0.6 is 0 Å². The second-order valence-electron chi connectivity index (χ2n) is 4.42. The van der Waals surface area contributed by atoms with Gasteiger partial charge in [0.1, 0.15) is 5.82 Å². The molecule has 0 saturated heterocycles. The molecule has 0 radical (unpaired) electrons. The Morgan fingerprint density at radius 3 is 2.70 bits per heavy atom. The van der Waals surface area contributed by atoms with Gasteiger partial charge in [0.25, 0.3) is 0 Å². The summed E-state index contributed by atoms with van der Waals surface area (Å²) in [4.78, 5) is 22.5. The molecule has 1 aromatic rings. The van der Waals surface area contributed by atoms with Crippen molar-refractivity contribution in [1.82, 2.24) is 5.32 Å². The van der Waals surface area contributed by atoms with E-state index in [2.05, 4.69) is 5.32 Å². The third-order valence-corrected chi connectivity index (χ3v) is 2.83. The molecule has 0 aliphatic heterocycles. The average molecular weight is 279 g/mol. The monoisotopic (exact) mass is 279 g/mol. The normalized spacial score (nSPS) is 12.3. The van der Waals surface area contributed by atoms with Crippen molar-refractivity contribution in [3.05, 3.63) is 41.7 Å². The Hall–Kier alpha value is -2.17. The summed E-state index contributed by atoms with van der Waals surface area (Å²) in [5.74, 6) is -2.36. The molecule has 108 valence electrons. The second-order valence-corrected chi connectivity index (χ2v) is 4.42. The second kappa shape index (κ2) is 8.09. The van der Waals surface area contributed by atoms with Gasteiger partial charge in [0.2, 0.25) is 5.91 Å². The predicted octanol–water partition coefficient (Wildman–Crippen LogP) is 2.46. The lowest BCUT2D eigenvalue weighted by Gasteiger charge is -2.10. The largest absolute Gasteiger partial charge is 0.481 e. The number of hydrogen-bond acceptors (Lipinski definition) is 2. The molecule has 1 unspecified atom stereocenters. The van der Waals surface area contributed by atoms with Gasteiger partial charge < -0.3 is 10.4 Å². The van der Waals surface area contributed by atoms with Gasteiger partial charge >= 0.3 is 5.97 Å². The SMILES string of the molecule is CCCC(CNC(=O)C=Cc1ccccc1F)C(=O)O. The molecule has 0 aliphatic carbocycles. The van der Waals surface area contributed by atoms with E-state index in [9.17, 15) is 14.0 Å². The smallest absolute Gasteiger partial charge is 0.308 e. The first kappa shape index (κ1) is 15.9. The highest BCUT2D eigenvalue weighted by Crippen LogP contribution is 2.08. The molecular weight excluding hydrogens is 261 g/mol. The van der Waals surface area contributed by atoms with Crippen LogP contribution in [-0.4, -0.2) is 23.5 Å². The fourth-order valence-corrected chi connectivity index (χ4v) is 1.72. The fraction of sp³-hybridized carbons (Fsp3) is 0.333. The van der Waals surface area contributed by atoms with E-state index in [1.165, 1.54) is 18.2 Å². The van der Waals surface area contributed by atoms with E-state index >= 15 is 0 Å². The van der Waals surface area contributed by atoms with E-state index < -0.39 is 23.6 Å². The Labute approximate surface area is 117 Å². The zero-order chi connectivity index (χ0) is 15.0. The number of amides is 1. The Bertz CT molecular complexity index is 500. The molecule has 0 saturated carbocycles. The van der Waals surface area contributed by atoms with Crippen LogP contribution < -0.4 is 5.32 Å². The van der Waals surface area contributed by atoms with Gasteiger partial charge in [-0.3, -0.25) is 9.59 Å². The summed E-state index contributed by atoms with van der Waals surface area (Å²) >= 11 is 0. The summed E-state index contributed by atoms with van der Waals surface area (Å²) in [7, 11) is 0. The van der Waals surface area contributed by atoms with Crippen molar-refractivity contribution in [3.8, 4) is 0 Å². The number of nitrogens with one attached hydrogen (secondary N) is 1. The van der Waals surface area contributed by atoms with Crippen LogP contribution in [0.15, 0.2) is 30.3 Å². The average Bonchev–Trinajstić information content (AvgIpc) is 2.42. The first-order valence-corrected chi connectivity index (χ1v) is 6.47. The molecule has 0 aromatic heterocycles. The molecule has 0 aliphatic rings. The van der Waals surface area contributed by atoms with Crippen molar-refractivity contribution in [3.63, 3.8) is 0 Å². The summed E-state index contributed by atoms with van der Waals surface area (Å²) in [6, 6.07) is 6.09. The molecule has 1 atom stereocenters. The van der Waals surface area contributed by atoms with Crippen molar-refractivity contribution in [2.45, 2.75) is 19.8 Å². The molecule has 0 fully saturated rings. The van der Waals surface area contributed by atoms with Gasteiger partial charge in [-0.15, -0.1) is 0 Å². The van der Waals surface area contributed by atoms with Gasteiger partial charge in [-0.05, 0) is 18.6 Å². The lowest BCUT2D eigenvalue weighted by Crippen LogP contribution is -2.31. The lowest BCUT2D eigenvalue weighted by atomic mass is 10.0. The van der Waals surface area contributed by atoms with E-state index in [4.69, 9.17) is 5.11 Å². The first-order valence-electron chi connectivity index (χ1n) is 6.47. The van der Waals surface area contributed by atoms with Crippen molar-refractivity contribution in [2.75, 3.05) is 6.54 Å². The number of benzene rings is 1. The van der Waals surface area contributed by atoms with E-state index in [0.29, 0.717) is 12.0 Å². The number of aliphatic carboxylic acids is 1. The van der Waals surface area contributed by atoms with Gasteiger partial charge in [0.05, 0.1) is 5.92 Å². The van der Waals surface area contributed by atoms with Crippen molar-refractivity contribution in [2.24, 2.45) is 5.92 Å². The third-order valence-electron chi connectivity index (χ3n) is 2.83. The van der Waals surface area contributed by atoms with E-state index in [1.54, 1.807) is 18.2 Å². The van der Waals surface area contributed by atoms with Crippen LogP contribution in [0.1, 0.15) is 25.3 Å². The van der Waals surface area contributed by atoms with Gasteiger partial charge in [-0.25, -0.2) is 4.39 Å². The van der Waals surface area contributed by atoms with Gasteiger partial charge in [0, 0.05) is 18.2 Å². The zero-order valence-electron chi connectivity index (χ0n) is 11.3. The number of carboxylic acids is 1. The van der Waals surface area contributed by atoms with Crippen LogP contribution in [0.4, 0.5) is 4.39 Å². The van der Waals surface area contributed by atoms with Crippen molar-refractivity contribution < 1.29 is 19.1 Å². The number of rotatable bonds is 7. The summed E-state index contributed by atoms with van der Waals surface area (Å²) in [5.41, 5.74) is 0.311. The minimum Gasteiger partial charge on any atom is -0.481 e. The number of carbonyl (C=O) groups excluding carboxylic acids is 1. The standard InChI is InChI=1S/C15H18FNO3/c1-2-5-12(15(19)20)10-17-14(18)9-8-11-6-3-4-7-13(11)16/h3-4,6-9,12H,2,5,10H2,1H3,(H,17,18)(H,19,20). The van der Waals surface area contributed by atoms with E-state index in [-0.39, 0.29) is 6.54 Å². The number of carboxylic acid groups (broad SMARTS) is 1. The summed E-state index contributed by atoms with van der Waals surface area (Å²) in [6.45, 7) is 1.96. The van der Waals surface area contributed by atoms with Gasteiger partial charge in [-0.1, -0.05) is 31.5 Å². The maximum Gasteiger partial charge on any atom is 0.308 e. The van der Waals surface area contributed by atoms with Crippen LogP contribution in [0.25, 0.3) is 6.08 Å². The van der Waals surface area contributed by atoms with Crippen LogP contribution in [0.3, 0.4) is 0 Å². The zero-order valence-corrected chi connectivity index (χ0v) is 11.3. The van der Waals surface area contributed by atoms with Crippen molar-refractivity contribution >= 4 is 18.0 Å². The maximum absolute atomic E-state index is 13.3. The molecule has 1 rings (SSSR count). The molecule has 5 heteroatoms. The molecule has 0 spiro atoms. The first-order chi connectivity index (χ1) is 9.54. The Morgan fingerprint density at radius 1 is 1.40 bits per heavy atom. The summed E-state index contributed by atoms with van der Waals surface area (Å²) < 4.78 is 13.3. The predicted molar refractivity (Wildman–Crippen MR) is 74.5 cm³/mol. The highest BCUT2D eigenvalue weighted by Gasteiger charge is 2.16. The maximum atomic E-state index is 13.3. The van der Waals surface area contributed by atoms with E-state index in [0.717, 1.165) is 6.42 Å². The third kappa shape index (κ3) is 5.22. The molecule has 0 heterocycles. The quantitative estimate of drug-likeness (QED) is 0.753. The van der Waals surface area contributed by atoms with E-state index in [1.807, 2.05) is 6.92 Å². The minimum atomic E-state index is -0.926. The number of halogens is 1. The molecule has 20 heavy (non-hydrogen) atoms. The molecule has 2 N–H and O–H groups in total. The Balaban J connectivity index is 2.51. The number of carbonyl (C=O) groups is 2. The van der Waals surface area contributed by atoms with Gasteiger partial charge in [-0.2, -0.15) is 0 Å². The summed E-state index contributed by atoms with van der Waals surface area (Å²) in [6.07, 6.45) is 3.80. The molecule has 1 amide bonds. The lowest BCUT2D eigenvalue weighted by molar-refractivity contribution is -0.141. The Morgan fingerprint density at radius 2 is 2.10 bits per heavy atom. The highest BCUT2D eigenvalue weighted by molar-refractivity contribution is 5.92. The van der Waals surface area contributed by atoms with Crippen LogP contribution in [0.5, 0.6) is 0 Å². The molecule has 1 aromatic carbocycles. The highest BCUT2D eigenvalue weighted by atomic mass is 19.1. The molecule has 0 bridgehead atoms. The topological polar surface area (TPSA) is 66.4 Å². The van der Waals surface area contributed by atoms with Crippen LogP contribution in [-0.2, 0) is 9.59 Å². The fourth-order valence-electron chi connectivity index (χ4n) is 1.72. The number of hydrogen-bond donors (Lipinski definition) is 2. The summed E-state index contributed by atoms with van der Waals surface area (Å²) in [5, 5.41) is 11.5. The molecular formula is C15H18FNO3. The Kier molecular flexibility index (Phi) is 6.43. The van der Waals surface area contributed by atoms with Crippen molar-refractivity contribution in [1.29, 1.82) is 0 Å². The molecule has 4 nitrogen and oxygen atoms in total. The van der Waals surface area contributed by atoms with Gasteiger partial charge in [0.15, 0.2) is 0 Å². The minimum absolute atomic E-state index is 0.0730. The van der Waals surface area contributed by atoms with Crippen LogP contribution in [0.2, 0.25) is 0 Å². The van der Waals surface area contributed by atoms with Crippen LogP contribution in [0, 0.1) is 11.7 Å².